The third-order valence-corrected chi connectivity index (χ3v) is 2.65. The Hall–Kier alpha value is -0.840. The summed E-state index contributed by atoms with van der Waals surface area (Å²) in [7, 11) is 3.79. The van der Waals surface area contributed by atoms with E-state index in [1.807, 2.05) is 19.0 Å². The summed E-state index contributed by atoms with van der Waals surface area (Å²) in [6.45, 7) is 4.15. The molecule has 1 heterocycles. The molecule has 1 aromatic rings. The second-order valence-corrected chi connectivity index (χ2v) is 4.45. The van der Waals surface area contributed by atoms with Gasteiger partial charge in [0.25, 0.3) is 0 Å². The number of rotatable bonds is 2. The van der Waals surface area contributed by atoms with Crippen LogP contribution in [0.2, 0.25) is 0 Å². The number of nitrogens with zero attached hydrogens (tertiary/aromatic N) is 3. The van der Waals surface area contributed by atoms with Crippen molar-refractivity contribution >= 4 is 27.7 Å². The molecule has 0 aliphatic rings. The highest BCUT2D eigenvalue weighted by atomic mass is 79.9. The zero-order valence-electron chi connectivity index (χ0n) is 8.87. The number of hydrogen-bond donors (Lipinski definition) is 1. The van der Waals surface area contributed by atoms with E-state index in [4.69, 9.17) is 5.73 Å². The molecule has 0 radical (unpaired) electrons. The molecule has 1 aromatic heterocycles. The lowest BCUT2D eigenvalue weighted by atomic mass is 10.1. The van der Waals surface area contributed by atoms with Crippen molar-refractivity contribution in [3.63, 3.8) is 0 Å². The molecule has 1 rings (SSSR count). The molecule has 0 atom stereocenters. The molecule has 0 saturated heterocycles. The Morgan fingerprint density at radius 1 is 1.29 bits per heavy atom. The summed E-state index contributed by atoms with van der Waals surface area (Å²) < 4.78 is 0.804. The molecule has 0 amide bonds. The quantitative estimate of drug-likeness (QED) is 0.882. The van der Waals surface area contributed by atoms with Gasteiger partial charge in [0.2, 0.25) is 5.95 Å². The molecular formula is C9H15BrN4. The van der Waals surface area contributed by atoms with Crippen molar-refractivity contribution in [1.82, 2.24) is 9.97 Å². The minimum absolute atomic E-state index is 0.327. The zero-order chi connectivity index (χ0) is 10.9. The first-order valence-electron chi connectivity index (χ1n) is 4.43. The van der Waals surface area contributed by atoms with Crippen LogP contribution < -0.4 is 10.6 Å². The molecular weight excluding hydrogens is 244 g/mol. The summed E-state index contributed by atoms with van der Waals surface area (Å²) in [6, 6.07) is 0. The molecule has 0 aliphatic heterocycles. The molecule has 0 aliphatic carbocycles. The molecule has 14 heavy (non-hydrogen) atoms. The Morgan fingerprint density at radius 3 is 2.29 bits per heavy atom. The van der Waals surface area contributed by atoms with Crippen LogP contribution in [0.25, 0.3) is 0 Å². The number of hydrogen-bond acceptors (Lipinski definition) is 4. The van der Waals surface area contributed by atoms with Gasteiger partial charge in [-0.1, -0.05) is 13.8 Å². The fourth-order valence-corrected chi connectivity index (χ4v) is 1.69. The second kappa shape index (κ2) is 4.13. The Morgan fingerprint density at radius 2 is 1.86 bits per heavy atom. The molecule has 0 fully saturated rings. The van der Waals surface area contributed by atoms with Gasteiger partial charge >= 0.3 is 0 Å². The van der Waals surface area contributed by atoms with E-state index in [2.05, 4.69) is 39.7 Å². The van der Waals surface area contributed by atoms with E-state index in [0.29, 0.717) is 17.7 Å². The summed E-state index contributed by atoms with van der Waals surface area (Å²) in [4.78, 5) is 10.4. The van der Waals surface area contributed by atoms with Gasteiger partial charge in [-0.25, -0.2) is 4.98 Å². The average Bonchev–Trinajstić information content (AvgIpc) is 2.08. The summed E-state index contributed by atoms with van der Waals surface area (Å²) in [5.74, 6) is 1.47. The Kier molecular flexibility index (Phi) is 3.31. The lowest BCUT2D eigenvalue weighted by molar-refractivity contribution is 0.801. The monoisotopic (exact) mass is 258 g/mol. The largest absolute Gasteiger partial charge is 0.383 e. The highest BCUT2D eigenvalue weighted by Crippen LogP contribution is 2.28. The molecule has 2 N–H and O–H groups in total. The number of nitrogen functional groups attached to an aromatic ring is 1. The van der Waals surface area contributed by atoms with Crippen LogP contribution in [0.15, 0.2) is 4.47 Å². The van der Waals surface area contributed by atoms with Gasteiger partial charge in [-0.2, -0.15) is 4.98 Å². The fraction of sp³-hybridized carbons (Fsp3) is 0.556. The van der Waals surface area contributed by atoms with Crippen molar-refractivity contribution < 1.29 is 0 Å². The molecule has 0 aromatic carbocycles. The predicted molar refractivity (Wildman–Crippen MR) is 62.6 cm³/mol. The summed E-state index contributed by atoms with van der Waals surface area (Å²) >= 11 is 3.40. The number of halogens is 1. The van der Waals surface area contributed by atoms with E-state index in [9.17, 15) is 0 Å². The summed E-state index contributed by atoms with van der Waals surface area (Å²) in [5, 5.41) is 0. The Balaban J connectivity index is 3.28. The van der Waals surface area contributed by atoms with Crippen LogP contribution in [0.1, 0.15) is 25.5 Å². The van der Waals surface area contributed by atoms with E-state index in [-0.39, 0.29) is 0 Å². The highest BCUT2D eigenvalue weighted by molar-refractivity contribution is 9.10. The molecule has 5 heteroatoms. The first kappa shape index (κ1) is 11.2. The average molecular weight is 259 g/mol. The fourth-order valence-electron chi connectivity index (χ4n) is 1.05. The van der Waals surface area contributed by atoms with Crippen LogP contribution in [-0.2, 0) is 0 Å². The first-order chi connectivity index (χ1) is 6.43. The number of nitrogens with two attached hydrogens (primary N) is 1. The zero-order valence-corrected chi connectivity index (χ0v) is 10.5. The lowest BCUT2D eigenvalue weighted by Crippen LogP contribution is -2.15. The summed E-state index contributed by atoms with van der Waals surface area (Å²) in [6.07, 6.45) is 0. The standard InChI is InChI=1S/C9H15BrN4/c1-5(2)7-6(10)8(11)13-9(12-7)14(3)4/h5H,1-4H3,(H2,11,12,13). The van der Waals surface area contributed by atoms with Crippen LogP contribution in [0.4, 0.5) is 11.8 Å². The van der Waals surface area contributed by atoms with Gasteiger partial charge in [-0.05, 0) is 21.8 Å². The normalized spacial score (nSPS) is 10.7. The van der Waals surface area contributed by atoms with Crippen molar-refractivity contribution in [2.75, 3.05) is 24.7 Å². The van der Waals surface area contributed by atoms with Gasteiger partial charge in [-0.3, -0.25) is 0 Å². The molecule has 0 spiro atoms. The first-order valence-corrected chi connectivity index (χ1v) is 5.23. The third-order valence-electron chi connectivity index (χ3n) is 1.84. The van der Waals surface area contributed by atoms with Crippen LogP contribution in [-0.4, -0.2) is 24.1 Å². The Bertz CT molecular complexity index is 336. The van der Waals surface area contributed by atoms with Gasteiger partial charge in [0, 0.05) is 14.1 Å². The lowest BCUT2D eigenvalue weighted by Gasteiger charge is -2.15. The Labute approximate surface area is 92.7 Å². The molecule has 0 unspecified atom stereocenters. The van der Waals surface area contributed by atoms with Crippen molar-refractivity contribution in [3.8, 4) is 0 Å². The molecule has 4 nitrogen and oxygen atoms in total. The van der Waals surface area contributed by atoms with E-state index < -0.39 is 0 Å². The second-order valence-electron chi connectivity index (χ2n) is 3.66. The maximum atomic E-state index is 5.77. The molecule has 0 saturated carbocycles. The van der Waals surface area contributed by atoms with E-state index >= 15 is 0 Å². The van der Waals surface area contributed by atoms with Crippen molar-refractivity contribution in [1.29, 1.82) is 0 Å². The van der Waals surface area contributed by atoms with E-state index in [1.165, 1.54) is 0 Å². The van der Waals surface area contributed by atoms with Crippen LogP contribution in [0, 0.1) is 0 Å². The predicted octanol–water partition coefficient (Wildman–Crippen LogP) is 2.01. The smallest absolute Gasteiger partial charge is 0.227 e. The van der Waals surface area contributed by atoms with Gasteiger partial charge < -0.3 is 10.6 Å². The maximum absolute atomic E-state index is 5.77. The van der Waals surface area contributed by atoms with Crippen molar-refractivity contribution in [2.45, 2.75) is 19.8 Å². The van der Waals surface area contributed by atoms with Gasteiger partial charge in [0.05, 0.1) is 10.2 Å². The topological polar surface area (TPSA) is 55.0 Å². The van der Waals surface area contributed by atoms with Gasteiger partial charge in [0.1, 0.15) is 5.82 Å². The van der Waals surface area contributed by atoms with Crippen molar-refractivity contribution in [2.24, 2.45) is 0 Å². The van der Waals surface area contributed by atoms with Gasteiger partial charge in [-0.15, -0.1) is 0 Å². The number of anilines is 2. The van der Waals surface area contributed by atoms with Gasteiger partial charge in [0.15, 0.2) is 0 Å². The number of aromatic nitrogens is 2. The third kappa shape index (κ3) is 2.15. The van der Waals surface area contributed by atoms with E-state index in [0.717, 1.165) is 10.2 Å². The maximum Gasteiger partial charge on any atom is 0.227 e. The molecule has 0 bridgehead atoms. The minimum atomic E-state index is 0.327. The van der Waals surface area contributed by atoms with Crippen LogP contribution in [0.3, 0.4) is 0 Å². The van der Waals surface area contributed by atoms with Crippen LogP contribution >= 0.6 is 15.9 Å². The van der Waals surface area contributed by atoms with E-state index in [1.54, 1.807) is 0 Å². The minimum Gasteiger partial charge on any atom is -0.383 e. The highest BCUT2D eigenvalue weighted by Gasteiger charge is 2.13. The van der Waals surface area contributed by atoms with Crippen LogP contribution in [0.5, 0.6) is 0 Å². The SMILES string of the molecule is CC(C)c1nc(N(C)C)nc(N)c1Br. The molecule has 78 valence electrons. The summed E-state index contributed by atoms with van der Waals surface area (Å²) in [5.41, 5.74) is 6.72. The van der Waals surface area contributed by atoms with Crippen molar-refractivity contribution in [3.05, 3.63) is 10.2 Å².